The van der Waals surface area contributed by atoms with Crippen LogP contribution in [-0.4, -0.2) is 23.3 Å². The highest BCUT2D eigenvalue weighted by Gasteiger charge is 2.29. The SMILES string of the molecule is O=C(CCNC(=O)c1ccncc1)NC(c1ccccc1)C1CCC1. The topological polar surface area (TPSA) is 71.1 Å². The number of nitrogens with zero attached hydrogens (tertiary/aromatic N) is 1. The number of nitrogens with one attached hydrogen (secondary N) is 2. The highest BCUT2D eigenvalue weighted by molar-refractivity contribution is 5.94. The van der Waals surface area contributed by atoms with Crippen LogP contribution in [0.5, 0.6) is 0 Å². The maximum absolute atomic E-state index is 12.3. The molecule has 0 spiro atoms. The van der Waals surface area contributed by atoms with E-state index in [2.05, 4.69) is 27.8 Å². The molecule has 130 valence electrons. The molecule has 3 rings (SSSR count). The number of hydrogen-bond donors (Lipinski definition) is 2. The number of aromatic nitrogens is 1. The zero-order valence-electron chi connectivity index (χ0n) is 14.2. The number of pyridine rings is 1. The first-order chi connectivity index (χ1) is 12.2. The molecule has 5 heteroatoms. The van der Waals surface area contributed by atoms with Crippen LogP contribution in [0.2, 0.25) is 0 Å². The fourth-order valence-corrected chi connectivity index (χ4v) is 3.05. The Morgan fingerprint density at radius 2 is 1.80 bits per heavy atom. The number of carbonyl (C=O) groups is 2. The van der Waals surface area contributed by atoms with Crippen molar-refractivity contribution >= 4 is 11.8 Å². The summed E-state index contributed by atoms with van der Waals surface area (Å²) in [4.78, 5) is 28.2. The second kappa shape index (κ2) is 8.42. The van der Waals surface area contributed by atoms with Crippen molar-refractivity contribution in [3.05, 3.63) is 66.0 Å². The molecule has 2 aromatic rings. The van der Waals surface area contributed by atoms with Crippen molar-refractivity contribution in [2.24, 2.45) is 5.92 Å². The Bertz CT molecular complexity index is 699. The fraction of sp³-hybridized carbons (Fsp3) is 0.350. The molecular weight excluding hydrogens is 314 g/mol. The first-order valence-electron chi connectivity index (χ1n) is 8.76. The minimum Gasteiger partial charge on any atom is -0.352 e. The first kappa shape index (κ1) is 17.1. The third-order valence-electron chi connectivity index (χ3n) is 4.68. The van der Waals surface area contributed by atoms with Crippen molar-refractivity contribution in [2.45, 2.75) is 31.7 Å². The number of rotatable bonds is 7. The molecule has 1 atom stereocenters. The second-order valence-corrected chi connectivity index (χ2v) is 6.39. The molecule has 25 heavy (non-hydrogen) atoms. The van der Waals surface area contributed by atoms with Gasteiger partial charge in [0.1, 0.15) is 0 Å². The van der Waals surface area contributed by atoms with Gasteiger partial charge in [0.2, 0.25) is 5.91 Å². The van der Waals surface area contributed by atoms with Gasteiger partial charge in [0, 0.05) is 30.9 Å². The van der Waals surface area contributed by atoms with E-state index in [9.17, 15) is 9.59 Å². The summed E-state index contributed by atoms with van der Waals surface area (Å²) in [5.41, 5.74) is 1.70. The largest absolute Gasteiger partial charge is 0.352 e. The van der Waals surface area contributed by atoms with E-state index in [0.29, 0.717) is 18.0 Å². The van der Waals surface area contributed by atoms with Crippen LogP contribution in [-0.2, 0) is 4.79 Å². The Balaban J connectivity index is 1.49. The predicted octanol–water partition coefficient (Wildman–Crippen LogP) is 2.86. The Morgan fingerprint density at radius 3 is 2.44 bits per heavy atom. The molecule has 1 heterocycles. The Morgan fingerprint density at radius 1 is 1.08 bits per heavy atom. The Labute approximate surface area is 147 Å². The number of amides is 2. The van der Waals surface area contributed by atoms with Crippen LogP contribution in [0.1, 0.15) is 47.6 Å². The molecule has 2 amide bonds. The van der Waals surface area contributed by atoms with E-state index in [1.54, 1.807) is 24.5 Å². The lowest BCUT2D eigenvalue weighted by Crippen LogP contribution is -2.38. The zero-order chi connectivity index (χ0) is 17.5. The van der Waals surface area contributed by atoms with E-state index in [1.807, 2.05) is 18.2 Å². The quantitative estimate of drug-likeness (QED) is 0.816. The Kier molecular flexibility index (Phi) is 5.77. The average Bonchev–Trinajstić information content (AvgIpc) is 2.61. The molecule has 5 nitrogen and oxygen atoms in total. The van der Waals surface area contributed by atoms with Crippen LogP contribution in [0, 0.1) is 5.92 Å². The summed E-state index contributed by atoms with van der Waals surface area (Å²) in [7, 11) is 0. The summed E-state index contributed by atoms with van der Waals surface area (Å²) in [6.45, 7) is 0.319. The molecule has 0 aliphatic heterocycles. The minimum atomic E-state index is -0.186. The molecule has 2 N–H and O–H groups in total. The monoisotopic (exact) mass is 337 g/mol. The summed E-state index contributed by atoms with van der Waals surface area (Å²) < 4.78 is 0. The van der Waals surface area contributed by atoms with Gasteiger partial charge in [-0.05, 0) is 36.5 Å². The third-order valence-corrected chi connectivity index (χ3v) is 4.68. The maximum Gasteiger partial charge on any atom is 0.251 e. The van der Waals surface area contributed by atoms with Crippen molar-refractivity contribution in [1.82, 2.24) is 15.6 Å². The highest BCUT2D eigenvalue weighted by Crippen LogP contribution is 2.37. The predicted molar refractivity (Wildman–Crippen MR) is 95.9 cm³/mol. The maximum atomic E-state index is 12.3. The molecule has 0 bridgehead atoms. The molecule has 1 aromatic heterocycles. The number of hydrogen-bond acceptors (Lipinski definition) is 3. The minimum absolute atomic E-state index is 0.0317. The molecule has 1 fully saturated rings. The third kappa shape index (κ3) is 4.66. The van der Waals surface area contributed by atoms with E-state index in [4.69, 9.17) is 0 Å². The van der Waals surface area contributed by atoms with Crippen molar-refractivity contribution in [3.63, 3.8) is 0 Å². The summed E-state index contributed by atoms with van der Waals surface area (Å²) in [5.74, 6) is 0.294. The van der Waals surface area contributed by atoms with Gasteiger partial charge in [-0.2, -0.15) is 0 Å². The molecule has 1 saturated carbocycles. The Hall–Kier alpha value is -2.69. The van der Waals surface area contributed by atoms with E-state index >= 15 is 0 Å². The molecule has 0 radical (unpaired) electrons. The van der Waals surface area contributed by atoms with Crippen molar-refractivity contribution in [2.75, 3.05) is 6.54 Å². The molecule has 0 saturated heterocycles. The van der Waals surface area contributed by atoms with E-state index in [0.717, 1.165) is 18.4 Å². The zero-order valence-corrected chi connectivity index (χ0v) is 14.2. The summed E-state index contributed by atoms with van der Waals surface area (Å²) >= 11 is 0. The van der Waals surface area contributed by atoms with Crippen LogP contribution in [0.15, 0.2) is 54.9 Å². The van der Waals surface area contributed by atoms with Gasteiger partial charge >= 0.3 is 0 Å². The summed E-state index contributed by atoms with van der Waals surface area (Å²) in [5, 5.41) is 5.92. The van der Waals surface area contributed by atoms with Crippen LogP contribution >= 0.6 is 0 Å². The molecule has 1 unspecified atom stereocenters. The van der Waals surface area contributed by atoms with Gasteiger partial charge in [-0.15, -0.1) is 0 Å². The van der Waals surface area contributed by atoms with Crippen molar-refractivity contribution in [1.29, 1.82) is 0 Å². The van der Waals surface area contributed by atoms with Gasteiger partial charge in [-0.1, -0.05) is 36.8 Å². The fourth-order valence-electron chi connectivity index (χ4n) is 3.05. The molecule has 1 aliphatic rings. The van der Waals surface area contributed by atoms with Gasteiger partial charge in [0.25, 0.3) is 5.91 Å². The molecule has 1 aromatic carbocycles. The van der Waals surface area contributed by atoms with Gasteiger partial charge in [0.15, 0.2) is 0 Å². The normalized spacial score (nSPS) is 15.0. The van der Waals surface area contributed by atoms with Gasteiger partial charge < -0.3 is 10.6 Å². The van der Waals surface area contributed by atoms with Crippen LogP contribution in [0.4, 0.5) is 0 Å². The van der Waals surface area contributed by atoms with E-state index < -0.39 is 0 Å². The van der Waals surface area contributed by atoms with Crippen molar-refractivity contribution in [3.8, 4) is 0 Å². The van der Waals surface area contributed by atoms with Crippen LogP contribution in [0.3, 0.4) is 0 Å². The summed E-state index contributed by atoms with van der Waals surface area (Å²) in [6.07, 6.45) is 6.95. The number of benzene rings is 1. The highest BCUT2D eigenvalue weighted by atomic mass is 16.2. The van der Waals surface area contributed by atoms with Crippen LogP contribution < -0.4 is 10.6 Å². The second-order valence-electron chi connectivity index (χ2n) is 6.39. The standard InChI is InChI=1S/C20H23N3O2/c24-18(11-14-22-20(25)17-9-12-21-13-10-17)23-19(16-7-4-8-16)15-5-2-1-3-6-15/h1-3,5-6,9-10,12-13,16,19H,4,7-8,11,14H2,(H,22,25)(H,23,24). The first-order valence-corrected chi connectivity index (χ1v) is 8.76. The lowest BCUT2D eigenvalue weighted by atomic mass is 9.77. The smallest absolute Gasteiger partial charge is 0.251 e. The van der Waals surface area contributed by atoms with E-state index in [1.165, 1.54) is 6.42 Å². The van der Waals surface area contributed by atoms with Crippen LogP contribution in [0.25, 0.3) is 0 Å². The van der Waals surface area contributed by atoms with Crippen molar-refractivity contribution < 1.29 is 9.59 Å². The molecular formula is C20H23N3O2. The lowest BCUT2D eigenvalue weighted by molar-refractivity contribution is -0.122. The van der Waals surface area contributed by atoms with E-state index in [-0.39, 0.29) is 24.3 Å². The average molecular weight is 337 g/mol. The number of carbonyl (C=O) groups excluding carboxylic acids is 2. The van der Waals surface area contributed by atoms with Gasteiger partial charge in [0.05, 0.1) is 6.04 Å². The summed E-state index contributed by atoms with van der Waals surface area (Å²) in [6, 6.07) is 13.5. The lowest BCUT2D eigenvalue weighted by Gasteiger charge is -2.34. The van der Waals surface area contributed by atoms with Gasteiger partial charge in [-0.3, -0.25) is 14.6 Å². The van der Waals surface area contributed by atoms with Gasteiger partial charge in [-0.25, -0.2) is 0 Å². The molecule has 1 aliphatic carbocycles.